The number of aryl methyl sites for hydroxylation is 2. The summed E-state index contributed by atoms with van der Waals surface area (Å²) in [4.78, 5) is 24.6. The number of halogens is 2. The van der Waals surface area contributed by atoms with Crippen molar-refractivity contribution < 1.29 is 32.6 Å². The number of carboxylic acid groups (broad SMARTS) is 1. The fourth-order valence-corrected chi connectivity index (χ4v) is 7.04. The van der Waals surface area contributed by atoms with Crippen molar-refractivity contribution in [2.45, 2.75) is 43.0 Å². The molecule has 1 amide bonds. The number of amides is 1. The van der Waals surface area contributed by atoms with Gasteiger partial charge in [-0.2, -0.15) is 4.31 Å². The molecule has 0 heterocycles. The van der Waals surface area contributed by atoms with Gasteiger partial charge in [0, 0.05) is 17.6 Å². The number of carbonyl (C=O) groups is 2. The van der Waals surface area contributed by atoms with Crippen LogP contribution in [0, 0.1) is 0 Å². The molecule has 0 radical (unpaired) electrons. The van der Waals surface area contributed by atoms with Gasteiger partial charge in [-0.15, -0.1) is 0 Å². The van der Waals surface area contributed by atoms with Crippen LogP contribution >= 0.6 is 23.2 Å². The molecule has 0 saturated carbocycles. The Kier molecular flexibility index (Phi) is 10.7. The van der Waals surface area contributed by atoms with E-state index in [-0.39, 0.29) is 40.9 Å². The summed E-state index contributed by atoms with van der Waals surface area (Å²) in [7, 11) is -2.75. The Morgan fingerprint density at radius 2 is 1.81 bits per heavy atom. The molecule has 1 aliphatic carbocycles. The molecule has 0 spiro atoms. The van der Waals surface area contributed by atoms with Crippen LogP contribution in [-0.2, 0) is 38.9 Å². The number of nitrogens with one attached hydrogen (secondary N) is 1. The number of rotatable bonds is 14. The molecule has 224 valence electrons. The molecule has 0 fully saturated rings. The average Bonchev–Trinajstić information content (AvgIpc) is 3.40. The number of carbonyl (C=O) groups excluding carboxylic acids is 1. The molecule has 4 rings (SSSR count). The fourth-order valence-electron chi connectivity index (χ4n) is 4.91. The SMILES string of the molecule is COc1cccc(CC(CC(=O)O)NC(=O)CN(CCOc2ccc3c(c2)CCC3)S(=O)(=O)c2ccc(Cl)cc2Cl)c1. The van der Waals surface area contributed by atoms with E-state index in [1.165, 1.54) is 36.4 Å². The summed E-state index contributed by atoms with van der Waals surface area (Å²) in [5, 5.41) is 12.3. The van der Waals surface area contributed by atoms with Gasteiger partial charge in [-0.1, -0.05) is 41.4 Å². The summed E-state index contributed by atoms with van der Waals surface area (Å²) in [5.74, 6) is -0.575. The zero-order valence-corrected chi connectivity index (χ0v) is 25.3. The first kappa shape index (κ1) is 31.6. The van der Waals surface area contributed by atoms with E-state index in [4.69, 9.17) is 32.7 Å². The van der Waals surface area contributed by atoms with Crippen LogP contribution in [0.25, 0.3) is 0 Å². The Labute approximate surface area is 255 Å². The second-order valence-corrected chi connectivity index (χ2v) is 12.7. The molecule has 1 unspecified atom stereocenters. The van der Waals surface area contributed by atoms with Crippen LogP contribution in [0.3, 0.4) is 0 Å². The Hall–Kier alpha value is -3.31. The van der Waals surface area contributed by atoms with Crippen molar-refractivity contribution >= 4 is 45.1 Å². The number of sulfonamides is 1. The van der Waals surface area contributed by atoms with E-state index in [1.807, 2.05) is 18.2 Å². The van der Waals surface area contributed by atoms with Crippen molar-refractivity contribution in [2.24, 2.45) is 0 Å². The molecular weight excluding hydrogens is 603 g/mol. The van der Waals surface area contributed by atoms with Gasteiger partial charge in [-0.25, -0.2) is 8.42 Å². The third kappa shape index (κ3) is 8.38. The van der Waals surface area contributed by atoms with Crippen LogP contribution in [0.5, 0.6) is 11.5 Å². The second-order valence-electron chi connectivity index (χ2n) is 9.96. The van der Waals surface area contributed by atoms with Crippen molar-refractivity contribution in [3.63, 3.8) is 0 Å². The normalized spacial score (nSPS) is 13.4. The first-order valence-corrected chi connectivity index (χ1v) is 15.6. The lowest BCUT2D eigenvalue weighted by Gasteiger charge is -2.24. The van der Waals surface area contributed by atoms with Crippen LogP contribution in [0.4, 0.5) is 0 Å². The Morgan fingerprint density at radius 1 is 1.02 bits per heavy atom. The van der Waals surface area contributed by atoms with Gasteiger partial charge >= 0.3 is 5.97 Å². The highest BCUT2D eigenvalue weighted by Crippen LogP contribution is 2.28. The first-order chi connectivity index (χ1) is 20.0. The van der Waals surface area contributed by atoms with Crippen molar-refractivity contribution in [3.05, 3.63) is 87.4 Å². The van der Waals surface area contributed by atoms with Crippen molar-refractivity contribution in [1.82, 2.24) is 9.62 Å². The van der Waals surface area contributed by atoms with E-state index in [0.29, 0.717) is 11.5 Å². The van der Waals surface area contributed by atoms with E-state index < -0.39 is 34.5 Å². The first-order valence-electron chi connectivity index (χ1n) is 13.4. The number of carboxylic acids is 1. The Morgan fingerprint density at radius 3 is 2.55 bits per heavy atom. The molecule has 2 N–H and O–H groups in total. The summed E-state index contributed by atoms with van der Waals surface area (Å²) >= 11 is 12.2. The van der Waals surface area contributed by atoms with Crippen molar-refractivity contribution in [1.29, 1.82) is 0 Å². The molecule has 12 heteroatoms. The number of aliphatic carboxylic acids is 1. The molecule has 3 aromatic rings. The van der Waals surface area contributed by atoms with E-state index in [0.717, 1.165) is 29.1 Å². The standard InChI is InChI=1S/C30H32Cl2N2O7S/c1-40-25-7-2-4-20(15-25)14-24(18-30(36)37)33-29(35)19-34(42(38,39)28-11-9-23(31)17-27(28)32)12-13-41-26-10-8-21-5-3-6-22(21)16-26/h2,4,7-11,15-17,24H,3,5-6,12-14,18-19H2,1H3,(H,33,35)(H,36,37). The summed E-state index contributed by atoms with van der Waals surface area (Å²) in [6, 6.07) is 16.1. The van der Waals surface area contributed by atoms with Gasteiger partial charge in [0.05, 0.1) is 25.1 Å². The lowest BCUT2D eigenvalue weighted by Crippen LogP contribution is -2.46. The molecule has 1 atom stereocenters. The van der Waals surface area contributed by atoms with Crippen molar-refractivity contribution in [3.8, 4) is 11.5 Å². The minimum atomic E-state index is -4.27. The minimum absolute atomic E-state index is 0.0289. The predicted octanol–water partition coefficient (Wildman–Crippen LogP) is 4.76. The van der Waals surface area contributed by atoms with Gasteiger partial charge in [0.25, 0.3) is 0 Å². The van der Waals surface area contributed by atoms with Crippen LogP contribution in [0.15, 0.2) is 65.6 Å². The number of methoxy groups -OCH3 is 1. The quantitative estimate of drug-likeness (QED) is 0.262. The third-order valence-corrected chi connectivity index (χ3v) is 9.48. The van der Waals surface area contributed by atoms with Gasteiger partial charge in [0.2, 0.25) is 15.9 Å². The largest absolute Gasteiger partial charge is 0.497 e. The third-order valence-electron chi connectivity index (χ3n) is 6.91. The van der Waals surface area contributed by atoms with Crippen LogP contribution in [0.1, 0.15) is 29.5 Å². The van der Waals surface area contributed by atoms with Gasteiger partial charge in [-0.05, 0) is 84.8 Å². The maximum atomic E-state index is 13.7. The molecule has 0 aliphatic heterocycles. The smallest absolute Gasteiger partial charge is 0.305 e. The second kappa shape index (κ2) is 14.2. The Bertz CT molecular complexity index is 1550. The van der Waals surface area contributed by atoms with Gasteiger partial charge in [0.15, 0.2) is 0 Å². The molecule has 0 bridgehead atoms. The van der Waals surface area contributed by atoms with E-state index in [1.54, 1.807) is 24.3 Å². The molecule has 9 nitrogen and oxygen atoms in total. The maximum Gasteiger partial charge on any atom is 0.305 e. The number of hydrogen-bond donors (Lipinski definition) is 2. The highest BCUT2D eigenvalue weighted by Gasteiger charge is 2.30. The number of ether oxygens (including phenoxy) is 2. The minimum Gasteiger partial charge on any atom is -0.497 e. The maximum absolute atomic E-state index is 13.7. The monoisotopic (exact) mass is 634 g/mol. The molecule has 0 saturated heterocycles. The summed E-state index contributed by atoms with van der Waals surface area (Å²) < 4.78 is 39.4. The molecule has 1 aliphatic rings. The molecule has 42 heavy (non-hydrogen) atoms. The van der Waals surface area contributed by atoms with Gasteiger partial charge < -0.3 is 19.9 Å². The zero-order valence-electron chi connectivity index (χ0n) is 23.0. The lowest BCUT2D eigenvalue weighted by atomic mass is 10.0. The summed E-state index contributed by atoms with van der Waals surface area (Å²) in [5.41, 5.74) is 3.25. The van der Waals surface area contributed by atoms with Crippen molar-refractivity contribution in [2.75, 3.05) is 26.8 Å². The van der Waals surface area contributed by atoms with Crippen LogP contribution in [-0.4, -0.2) is 62.6 Å². The average molecular weight is 636 g/mol. The van der Waals surface area contributed by atoms with E-state index in [9.17, 15) is 23.1 Å². The number of nitrogens with zero attached hydrogens (tertiary/aromatic N) is 1. The zero-order chi connectivity index (χ0) is 30.3. The number of benzene rings is 3. The molecular formula is C30H32Cl2N2O7S. The highest BCUT2D eigenvalue weighted by atomic mass is 35.5. The number of hydrogen-bond acceptors (Lipinski definition) is 6. The lowest BCUT2D eigenvalue weighted by molar-refractivity contribution is -0.137. The van der Waals surface area contributed by atoms with E-state index >= 15 is 0 Å². The fraction of sp³-hybridized carbons (Fsp3) is 0.333. The highest BCUT2D eigenvalue weighted by molar-refractivity contribution is 7.89. The molecule has 0 aromatic heterocycles. The predicted molar refractivity (Wildman–Crippen MR) is 160 cm³/mol. The molecule has 3 aromatic carbocycles. The van der Waals surface area contributed by atoms with Crippen LogP contribution < -0.4 is 14.8 Å². The summed E-state index contributed by atoms with van der Waals surface area (Å²) in [6.07, 6.45) is 2.92. The Balaban J connectivity index is 1.51. The van der Waals surface area contributed by atoms with E-state index in [2.05, 4.69) is 5.32 Å². The van der Waals surface area contributed by atoms with Gasteiger partial charge in [-0.3, -0.25) is 9.59 Å². The summed E-state index contributed by atoms with van der Waals surface area (Å²) in [6.45, 7) is -0.771. The van der Waals surface area contributed by atoms with Gasteiger partial charge in [0.1, 0.15) is 23.0 Å². The van der Waals surface area contributed by atoms with Crippen LogP contribution in [0.2, 0.25) is 10.0 Å². The topological polar surface area (TPSA) is 122 Å². The number of fused-ring (bicyclic) bond motifs is 1.